The van der Waals surface area contributed by atoms with Crippen LogP contribution in [0.15, 0.2) is 0 Å². The second-order valence-corrected chi connectivity index (χ2v) is 3.41. The van der Waals surface area contributed by atoms with E-state index in [1.165, 1.54) is 0 Å². The highest BCUT2D eigenvalue weighted by Crippen LogP contribution is 2.10. The van der Waals surface area contributed by atoms with E-state index in [1.807, 2.05) is 6.92 Å². The van der Waals surface area contributed by atoms with Gasteiger partial charge < -0.3 is 0 Å². The van der Waals surface area contributed by atoms with Crippen molar-refractivity contribution in [3.63, 3.8) is 0 Å². The van der Waals surface area contributed by atoms with Crippen molar-refractivity contribution in [1.82, 2.24) is 5.32 Å². The monoisotopic (exact) mass is 123 g/mol. The van der Waals surface area contributed by atoms with Crippen LogP contribution in [-0.2, 0) is 0 Å². The molecule has 0 aliphatic heterocycles. The first kappa shape index (κ1) is 6.66. The lowest BCUT2D eigenvalue weighted by Crippen LogP contribution is -2.25. The van der Waals surface area contributed by atoms with Crippen LogP contribution in [0.4, 0.5) is 0 Å². The van der Waals surface area contributed by atoms with Crippen molar-refractivity contribution >= 4 is 25.3 Å². The maximum Gasteiger partial charge on any atom is 0.102 e. The Labute approximate surface area is 49.3 Å². The van der Waals surface area contributed by atoms with Gasteiger partial charge in [0.05, 0.1) is 0 Å². The highest BCUT2D eigenvalue weighted by Gasteiger charge is 2.04. The maximum absolute atomic E-state index is 4.01. The molecule has 3 heteroatoms. The minimum Gasteiger partial charge on any atom is -0.298 e. The predicted octanol–water partition coefficient (Wildman–Crippen LogP) is 0.739. The molecule has 0 amide bonds. The van der Waals surface area contributed by atoms with Gasteiger partial charge in [0.1, 0.15) is 4.20 Å². The topological polar surface area (TPSA) is 12.0 Å². The van der Waals surface area contributed by atoms with Crippen LogP contribution >= 0.6 is 25.3 Å². The summed E-state index contributed by atoms with van der Waals surface area (Å²) in [6, 6.07) is 0. The molecule has 0 fully saturated rings. The first-order valence-corrected chi connectivity index (χ1v) is 2.59. The van der Waals surface area contributed by atoms with Gasteiger partial charge in [-0.2, -0.15) is 0 Å². The number of thiol groups is 2. The summed E-state index contributed by atoms with van der Waals surface area (Å²) in [6.07, 6.45) is 0. The molecule has 1 nitrogen and oxygen atoms in total. The third-order valence-electron chi connectivity index (χ3n) is 0.474. The molecule has 0 saturated heterocycles. The van der Waals surface area contributed by atoms with E-state index in [0.29, 0.717) is 0 Å². The van der Waals surface area contributed by atoms with Crippen molar-refractivity contribution in [2.75, 3.05) is 7.05 Å². The molecule has 0 heterocycles. The van der Waals surface area contributed by atoms with E-state index in [2.05, 4.69) is 30.6 Å². The van der Waals surface area contributed by atoms with Crippen molar-refractivity contribution in [3.8, 4) is 0 Å². The van der Waals surface area contributed by atoms with E-state index in [9.17, 15) is 0 Å². The Morgan fingerprint density at radius 3 is 1.67 bits per heavy atom. The lowest BCUT2D eigenvalue weighted by atomic mass is 10.7. The third-order valence-corrected chi connectivity index (χ3v) is 0.921. The minimum atomic E-state index is -0.319. The molecule has 38 valence electrons. The molecule has 0 atom stereocenters. The van der Waals surface area contributed by atoms with Crippen LogP contribution in [0.3, 0.4) is 0 Å². The van der Waals surface area contributed by atoms with Gasteiger partial charge in [-0.25, -0.2) is 0 Å². The average molecular weight is 123 g/mol. The average Bonchev–Trinajstić information content (AvgIpc) is 1.35. The van der Waals surface area contributed by atoms with Gasteiger partial charge in [0.2, 0.25) is 0 Å². The highest BCUT2D eigenvalue weighted by molar-refractivity contribution is 8.00. The zero-order valence-electron chi connectivity index (χ0n) is 3.89. The van der Waals surface area contributed by atoms with Crippen molar-refractivity contribution in [3.05, 3.63) is 0 Å². The number of rotatable bonds is 1. The summed E-state index contributed by atoms with van der Waals surface area (Å²) < 4.78 is -0.319. The molecule has 0 aromatic rings. The summed E-state index contributed by atoms with van der Waals surface area (Å²) in [5, 5.41) is 2.83. The van der Waals surface area contributed by atoms with E-state index in [4.69, 9.17) is 0 Å². The summed E-state index contributed by atoms with van der Waals surface area (Å²) in [5.74, 6) is 0. The fraction of sp³-hybridized carbons (Fsp3) is 1.00. The van der Waals surface area contributed by atoms with E-state index in [-0.39, 0.29) is 4.20 Å². The molecule has 6 heavy (non-hydrogen) atoms. The van der Waals surface area contributed by atoms with Crippen LogP contribution in [0.1, 0.15) is 6.92 Å². The normalized spacial score (nSPS) is 12.0. The van der Waals surface area contributed by atoms with Crippen LogP contribution in [0.25, 0.3) is 0 Å². The summed E-state index contributed by atoms with van der Waals surface area (Å²) in [7, 11) is 1.81. The van der Waals surface area contributed by atoms with Crippen molar-refractivity contribution in [2.45, 2.75) is 11.1 Å². The first-order valence-electron chi connectivity index (χ1n) is 1.70. The largest absolute Gasteiger partial charge is 0.298 e. The quantitative estimate of drug-likeness (QED) is 0.345. The Hall–Kier alpha value is 0.660. The molecule has 0 spiro atoms. The molecule has 0 saturated carbocycles. The Bertz CT molecular complexity index is 38.5. The van der Waals surface area contributed by atoms with Crippen LogP contribution in [0, 0.1) is 0 Å². The zero-order chi connectivity index (χ0) is 5.21. The maximum atomic E-state index is 4.01. The lowest BCUT2D eigenvalue weighted by Gasteiger charge is -2.12. The first-order chi connectivity index (χ1) is 2.56. The molecule has 1 N–H and O–H groups in total. The Morgan fingerprint density at radius 2 is 1.67 bits per heavy atom. The summed E-state index contributed by atoms with van der Waals surface area (Å²) >= 11 is 8.02. The van der Waals surface area contributed by atoms with Crippen molar-refractivity contribution in [2.24, 2.45) is 0 Å². The van der Waals surface area contributed by atoms with E-state index in [0.717, 1.165) is 0 Å². The molecule has 0 bridgehead atoms. The SMILES string of the molecule is CNC(C)(S)S. The zero-order valence-corrected chi connectivity index (χ0v) is 5.68. The van der Waals surface area contributed by atoms with Crippen LogP contribution < -0.4 is 5.32 Å². The second kappa shape index (κ2) is 2.09. The minimum absolute atomic E-state index is 0.319. The number of hydrogen-bond acceptors (Lipinski definition) is 3. The molecule has 0 rings (SSSR count). The van der Waals surface area contributed by atoms with Crippen LogP contribution in [-0.4, -0.2) is 11.3 Å². The standard InChI is InChI=1S/C3H9NS2/c1-3(5,6)4-2/h4-6H,1-2H3. The fourth-order valence-corrected chi connectivity index (χ4v) is 0. The van der Waals surface area contributed by atoms with E-state index >= 15 is 0 Å². The second-order valence-electron chi connectivity index (χ2n) is 1.27. The van der Waals surface area contributed by atoms with Crippen molar-refractivity contribution in [1.29, 1.82) is 0 Å². The molecule has 0 unspecified atom stereocenters. The number of nitrogens with one attached hydrogen (secondary N) is 1. The molecule has 0 aliphatic rings. The molecular formula is C3H9NS2. The van der Waals surface area contributed by atoms with Gasteiger partial charge in [-0.1, -0.05) is 0 Å². The molecule has 0 aliphatic carbocycles. The van der Waals surface area contributed by atoms with Crippen molar-refractivity contribution < 1.29 is 0 Å². The summed E-state index contributed by atoms with van der Waals surface area (Å²) in [5.41, 5.74) is 0. The highest BCUT2D eigenvalue weighted by atomic mass is 32.2. The van der Waals surface area contributed by atoms with E-state index in [1.54, 1.807) is 7.05 Å². The van der Waals surface area contributed by atoms with E-state index < -0.39 is 0 Å². The van der Waals surface area contributed by atoms with Crippen LogP contribution in [0.2, 0.25) is 0 Å². The molecule has 0 aromatic heterocycles. The Morgan fingerprint density at radius 1 is 1.50 bits per heavy atom. The third kappa shape index (κ3) is 4.66. The van der Waals surface area contributed by atoms with Gasteiger partial charge in [0, 0.05) is 0 Å². The predicted molar refractivity (Wildman–Crippen MR) is 35.4 cm³/mol. The summed E-state index contributed by atoms with van der Waals surface area (Å²) in [6.45, 7) is 1.86. The molecular weight excluding hydrogens is 114 g/mol. The van der Waals surface area contributed by atoms with Gasteiger partial charge >= 0.3 is 0 Å². The van der Waals surface area contributed by atoms with Gasteiger partial charge in [0.15, 0.2) is 0 Å². The van der Waals surface area contributed by atoms with Gasteiger partial charge in [0.25, 0.3) is 0 Å². The fourth-order valence-electron chi connectivity index (χ4n) is 0. The molecule has 0 radical (unpaired) electrons. The van der Waals surface area contributed by atoms with Gasteiger partial charge in [-0.15, -0.1) is 25.3 Å². The van der Waals surface area contributed by atoms with Gasteiger partial charge in [-0.3, -0.25) is 5.32 Å². The van der Waals surface area contributed by atoms with Crippen LogP contribution in [0.5, 0.6) is 0 Å². The number of hydrogen-bond donors (Lipinski definition) is 3. The summed E-state index contributed by atoms with van der Waals surface area (Å²) in [4.78, 5) is 0. The molecule has 0 aromatic carbocycles. The van der Waals surface area contributed by atoms with Gasteiger partial charge in [-0.05, 0) is 14.0 Å². The Kier molecular flexibility index (Phi) is 2.33. The smallest absolute Gasteiger partial charge is 0.102 e. The Balaban J connectivity index is 3.17. The lowest BCUT2D eigenvalue weighted by molar-refractivity contribution is 0.763.